The molecule has 1 aromatic heterocycles. The van der Waals surface area contributed by atoms with Gasteiger partial charge in [0, 0.05) is 18.3 Å². The SMILES string of the molecule is CCCn1cc(S(=O)(=O)NCC(=O)NC(C)(C)C)c(N)n1. The van der Waals surface area contributed by atoms with Crippen LogP contribution >= 0.6 is 0 Å². The van der Waals surface area contributed by atoms with E-state index in [0.717, 1.165) is 6.42 Å². The van der Waals surface area contributed by atoms with Crippen LogP contribution in [0.5, 0.6) is 0 Å². The van der Waals surface area contributed by atoms with Crippen molar-refractivity contribution in [3.05, 3.63) is 6.20 Å². The number of carbonyl (C=O) groups is 1. The average Bonchev–Trinajstić information content (AvgIpc) is 2.67. The van der Waals surface area contributed by atoms with Crippen LogP contribution in [0, 0.1) is 0 Å². The summed E-state index contributed by atoms with van der Waals surface area (Å²) in [6.07, 6.45) is 2.17. The molecule has 1 heterocycles. The lowest BCUT2D eigenvalue weighted by Crippen LogP contribution is -2.45. The summed E-state index contributed by atoms with van der Waals surface area (Å²) in [6, 6.07) is 0. The smallest absolute Gasteiger partial charge is 0.246 e. The number of aromatic nitrogens is 2. The second-order valence-electron chi connectivity index (χ2n) is 5.76. The molecule has 9 heteroatoms. The molecular weight excluding hydrogens is 294 g/mol. The van der Waals surface area contributed by atoms with Crippen LogP contribution in [-0.2, 0) is 21.4 Å². The van der Waals surface area contributed by atoms with Gasteiger partial charge in [-0.15, -0.1) is 0 Å². The maximum absolute atomic E-state index is 12.1. The first-order valence-corrected chi connectivity index (χ1v) is 8.17. The third kappa shape index (κ3) is 5.35. The van der Waals surface area contributed by atoms with E-state index < -0.39 is 21.5 Å². The molecule has 1 aromatic rings. The number of nitrogens with zero attached hydrogens (tertiary/aromatic N) is 2. The summed E-state index contributed by atoms with van der Waals surface area (Å²) >= 11 is 0. The third-order valence-corrected chi connectivity index (χ3v) is 3.85. The Morgan fingerprint density at radius 1 is 1.43 bits per heavy atom. The van der Waals surface area contributed by atoms with Gasteiger partial charge in [0.05, 0.1) is 6.54 Å². The average molecular weight is 317 g/mol. The molecule has 1 amide bonds. The standard InChI is InChI=1S/C12H23N5O3S/c1-5-6-17-8-9(11(13)16-17)21(19,20)14-7-10(18)15-12(2,3)4/h8,14H,5-7H2,1-4H3,(H2,13,16)(H,15,18). The Labute approximate surface area is 125 Å². The molecule has 0 bridgehead atoms. The highest BCUT2D eigenvalue weighted by Gasteiger charge is 2.22. The van der Waals surface area contributed by atoms with E-state index in [2.05, 4.69) is 15.1 Å². The van der Waals surface area contributed by atoms with E-state index in [4.69, 9.17) is 5.73 Å². The maximum atomic E-state index is 12.1. The van der Waals surface area contributed by atoms with Crippen LogP contribution in [0.2, 0.25) is 0 Å². The first-order chi connectivity index (χ1) is 9.55. The van der Waals surface area contributed by atoms with Gasteiger partial charge in [0.2, 0.25) is 15.9 Å². The zero-order valence-electron chi connectivity index (χ0n) is 12.8. The lowest BCUT2D eigenvalue weighted by Gasteiger charge is -2.20. The zero-order chi connectivity index (χ0) is 16.3. The van der Waals surface area contributed by atoms with Crippen LogP contribution in [0.3, 0.4) is 0 Å². The summed E-state index contributed by atoms with van der Waals surface area (Å²) in [6.45, 7) is 7.61. The highest BCUT2D eigenvalue weighted by Crippen LogP contribution is 2.15. The van der Waals surface area contributed by atoms with Crippen molar-refractivity contribution in [1.29, 1.82) is 0 Å². The molecular formula is C12H23N5O3S. The monoisotopic (exact) mass is 317 g/mol. The van der Waals surface area contributed by atoms with Gasteiger partial charge in [-0.05, 0) is 27.2 Å². The van der Waals surface area contributed by atoms with Gasteiger partial charge in [0.1, 0.15) is 4.90 Å². The Morgan fingerprint density at radius 2 is 2.05 bits per heavy atom. The molecule has 0 aliphatic heterocycles. The number of nitrogens with two attached hydrogens (primary N) is 1. The van der Waals surface area contributed by atoms with Gasteiger partial charge in [0.15, 0.2) is 5.82 Å². The molecule has 0 fully saturated rings. The number of carbonyl (C=O) groups excluding carboxylic acids is 1. The van der Waals surface area contributed by atoms with E-state index in [1.165, 1.54) is 10.9 Å². The van der Waals surface area contributed by atoms with E-state index in [9.17, 15) is 13.2 Å². The number of amides is 1. The van der Waals surface area contributed by atoms with Gasteiger partial charge in [-0.2, -0.15) is 5.10 Å². The second kappa shape index (κ2) is 6.44. The van der Waals surface area contributed by atoms with E-state index in [-0.39, 0.29) is 17.3 Å². The van der Waals surface area contributed by atoms with Crippen LogP contribution in [0.1, 0.15) is 34.1 Å². The first-order valence-electron chi connectivity index (χ1n) is 6.69. The van der Waals surface area contributed by atoms with Crippen LogP contribution in [0.25, 0.3) is 0 Å². The van der Waals surface area contributed by atoms with Crippen molar-refractivity contribution in [3.63, 3.8) is 0 Å². The normalized spacial score (nSPS) is 12.4. The Hall–Kier alpha value is -1.61. The lowest BCUT2D eigenvalue weighted by atomic mass is 10.1. The molecule has 0 aliphatic carbocycles. The minimum absolute atomic E-state index is 0.0767. The Balaban J connectivity index is 2.76. The molecule has 21 heavy (non-hydrogen) atoms. The predicted molar refractivity (Wildman–Crippen MR) is 80.0 cm³/mol. The molecule has 0 radical (unpaired) electrons. The summed E-state index contributed by atoms with van der Waals surface area (Å²) in [5.41, 5.74) is 5.19. The molecule has 0 spiro atoms. The number of hydrogen-bond acceptors (Lipinski definition) is 5. The molecule has 8 nitrogen and oxygen atoms in total. The Kier molecular flexibility index (Phi) is 5.35. The number of nitrogens with one attached hydrogen (secondary N) is 2. The summed E-state index contributed by atoms with van der Waals surface area (Å²) in [5.74, 6) is -0.488. The number of sulfonamides is 1. The lowest BCUT2D eigenvalue weighted by molar-refractivity contribution is -0.121. The van der Waals surface area contributed by atoms with Crippen LogP contribution in [0.4, 0.5) is 5.82 Å². The number of nitrogen functional groups attached to an aromatic ring is 1. The molecule has 0 aromatic carbocycles. The fourth-order valence-electron chi connectivity index (χ4n) is 1.67. The summed E-state index contributed by atoms with van der Waals surface area (Å²) in [7, 11) is -3.86. The van der Waals surface area contributed by atoms with E-state index in [0.29, 0.717) is 6.54 Å². The fraction of sp³-hybridized carbons (Fsp3) is 0.667. The summed E-state index contributed by atoms with van der Waals surface area (Å²) < 4.78 is 27.9. The van der Waals surface area contributed by atoms with Gasteiger partial charge in [-0.1, -0.05) is 6.92 Å². The van der Waals surface area contributed by atoms with E-state index in [1.807, 2.05) is 27.7 Å². The number of hydrogen-bond donors (Lipinski definition) is 3. The molecule has 4 N–H and O–H groups in total. The highest BCUT2D eigenvalue weighted by atomic mass is 32.2. The first kappa shape index (κ1) is 17.4. The van der Waals surface area contributed by atoms with Gasteiger partial charge < -0.3 is 11.1 Å². The molecule has 0 aliphatic rings. The van der Waals surface area contributed by atoms with Crippen molar-refractivity contribution in [2.75, 3.05) is 12.3 Å². The van der Waals surface area contributed by atoms with Gasteiger partial charge in [-0.25, -0.2) is 13.1 Å². The minimum Gasteiger partial charge on any atom is -0.381 e. The topological polar surface area (TPSA) is 119 Å². The quantitative estimate of drug-likeness (QED) is 0.686. The Morgan fingerprint density at radius 3 is 2.57 bits per heavy atom. The molecule has 0 saturated heterocycles. The van der Waals surface area contributed by atoms with E-state index >= 15 is 0 Å². The third-order valence-electron chi connectivity index (χ3n) is 2.43. The Bertz CT molecular complexity index is 601. The van der Waals surface area contributed by atoms with Crippen LogP contribution < -0.4 is 15.8 Å². The van der Waals surface area contributed by atoms with Crippen molar-refractivity contribution in [2.45, 2.75) is 51.1 Å². The molecule has 0 saturated carbocycles. The number of aryl methyl sites for hydroxylation is 1. The van der Waals surface area contributed by atoms with Crippen molar-refractivity contribution in [3.8, 4) is 0 Å². The van der Waals surface area contributed by atoms with Crippen molar-refractivity contribution >= 4 is 21.7 Å². The van der Waals surface area contributed by atoms with E-state index in [1.54, 1.807) is 0 Å². The van der Waals surface area contributed by atoms with Crippen LogP contribution in [0.15, 0.2) is 11.1 Å². The largest absolute Gasteiger partial charge is 0.381 e. The van der Waals surface area contributed by atoms with Gasteiger partial charge in [0.25, 0.3) is 0 Å². The molecule has 0 atom stereocenters. The van der Waals surface area contributed by atoms with Crippen molar-refractivity contribution in [1.82, 2.24) is 19.8 Å². The minimum atomic E-state index is -3.86. The maximum Gasteiger partial charge on any atom is 0.246 e. The second-order valence-corrected chi connectivity index (χ2v) is 7.50. The number of rotatable bonds is 6. The number of anilines is 1. The van der Waals surface area contributed by atoms with Gasteiger partial charge in [-0.3, -0.25) is 9.48 Å². The van der Waals surface area contributed by atoms with Gasteiger partial charge >= 0.3 is 0 Å². The molecule has 1 rings (SSSR count). The summed E-state index contributed by atoms with van der Waals surface area (Å²) in [4.78, 5) is 11.5. The molecule has 120 valence electrons. The van der Waals surface area contributed by atoms with Crippen molar-refractivity contribution in [2.24, 2.45) is 0 Å². The highest BCUT2D eigenvalue weighted by molar-refractivity contribution is 7.89. The predicted octanol–water partition coefficient (Wildman–Crippen LogP) is 0.0683. The summed E-state index contributed by atoms with van der Waals surface area (Å²) in [5, 5.41) is 6.59. The van der Waals surface area contributed by atoms with Crippen LogP contribution in [-0.4, -0.2) is 36.2 Å². The fourth-order valence-corrected chi connectivity index (χ4v) is 2.72. The molecule has 0 unspecified atom stereocenters. The zero-order valence-corrected chi connectivity index (χ0v) is 13.6. The van der Waals surface area contributed by atoms with Crippen molar-refractivity contribution < 1.29 is 13.2 Å².